The minimum atomic E-state index is -4.50. The van der Waals surface area contributed by atoms with Crippen LogP contribution in [0.1, 0.15) is 29.8 Å². The first kappa shape index (κ1) is 17.9. The predicted octanol–water partition coefficient (Wildman–Crippen LogP) is 2.15. The second-order valence-electron chi connectivity index (χ2n) is 5.79. The van der Waals surface area contributed by atoms with E-state index in [0.717, 1.165) is 6.42 Å². The van der Waals surface area contributed by atoms with Gasteiger partial charge in [0.1, 0.15) is 4.90 Å². The zero-order chi connectivity index (χ0) is 18.1. The van der Waals surface area contributed by atoms with Gasteiger partial charge < -0.3 is 0 Å². The van der Waals surface area contributed by atoms with Gasteiger partial charge in [0, 0.05) is 30.2 Å². The van der Waals surface area contributed by atoms with E-state index in [4.69, 9.17) is 0 Å². The zero-order valence-corrected chi connectivity index (χ0v) is 14.1. The van der Waals surface area contributed by atoms with Gasteiger partial charge in [-0.05, 0) is 37.8 Å². The largest absolute Gasteiger partial charge is 0.435 e. The summed E-state index contributed by atoms with van der Waals surface area (Å²) in [6, 6.07) is 2.89. The number of hydrogen-bond donors (Lipinski definition) is 1. The van der Waals surface area contributed by atoms with Gasteiger partial charge in [0.25, 0.3) is 0 Å². The summed E-state index contributed by atoms with van der Waals surface area (Å²) in [5.74, 6) is 0. The maximum Gasteiger partial charge on any atom is 0.435 e. The zero-order valence-electron chi connectivity index (χ0n) is 13.3. The maximum absolute atomic E-state index is 13.1. The molecule has 25 heavy (non-hydrogen) atoms. The van der Waals surface area contributed by atoms with E-state index in [9.17, 15) is 21.6 Å². The first-order valence-corrected chi connectivity index (χ1v) is 9.33. The number of rotatable bonds is 5. The van der Waals surface area contributed by atoms with E-state index >= 15 is 0 Å². The number of nitrogens with zero attached hydrogens (tertiary/aromatic N) is 3. The van der Waals surface area contributed by atoms with E-state index in [0.29, 0.717) is 25.0 Å². The maximum atomic E-state index is 13.1. The summed E-state index contributed by atoms with van der Waals surface area (Å²) >= 11 is 0. The van der Waals surface area contributed by atoms with Crippen LogP contribution in [-0.4, -0.2) is 29.7 Å². The lowest BCUT2D eigenvalue weighted by Crippen LogP contribution is -2.28. The van der Waals surface area contributed by atoms with Crippen LogP contribution in [0, 0.1) is 0 Å². The van der Waals surface area contributed by atoms with Gasteiger partial charge in [-0.3, -0.25) is 9.67 Å². The first-order chi connectivity index (χ1) is 11.8. The molecule has 0 amide bonds. The highest BCUT2D eigenvalue weighted by molar-refractivity contribution is 7.89. The van der Waals surface area contributed by atoms with Crippen molar-refractivity contribution in [1.82, 2.24) is 19.5 Å². The lowest BCUT2D eigenvalue weighted by atomic mass is 9.95. The summed E-state index contributed by atoms with van der Waals surface area (Å²) in [7, 11) is -3.75. The summed E-state index contributed by atoms with van der Waals surface area (Å²) in [6.45, 7) is -0.0133. The third-order valence-corrected chi connectivity index (χ3v) is 5.53. The monoisotopic (exact) mass is 374 g/mol. The Morgan fingerprint density at radius 1 is 1.24 bits per heavy atom. The van der Waals surface area contributed by atoms with Crippen molar-refractivity contribution < 1.29 is 21.6 Å². The van der Waals surface area contributed by atoms with Crippen LogP contribution in [0.2, 0.25) is 0 Å². The van der Waals surface area contributed by atoms with Crippen LogP contribution in [0.25, 0.3) is 0 Å². The van der Waals surface area contributed by atoms with Crippen LogP contribution >= 0.6 is 0 Å². The summed E-state index contributed by atoms with van der Waals surface area (Å²) < 4.78 is 67.3. The van der Waals surface area contributed by atoms with Gasteiger partial charge in [-0.15, -0.1) is 0 Å². The Morgan fingerprint density at radius 3 is 2.68 bits per heavy atom. The van der Waals surface area contributed by atoms with E-state index in [1.54, 1.807) is 0 Å². The molecule has 0 radical (unpaired) electrons. The van der Waals surface area contributed by atoms with Crippen LogP contribution in [0.3, 0.4) is 0 Å². The van der Waals surface area contributed by atoms with Crippen molar-refractivity contribution in [2.24, 2.45) is 0 Å². The molecule has 2 aromatic heterocycles. The number of halogens is 3. The highest BCUT2D eigenvalue weighted by Crippen LogP contribution is 2.35. The van der Waals surface area contributed by atoms with Crippen LogP contribution in [0.4, 0.5) is 13.2 Å². The Morgan fingerprint density at radius 2 is 2.00 bits per heavy atom. The lowest BCUT2D eigenvalue weighted by Gasteiger charge is -2.15. The molecular weight excluding hydrogens is 357 g/mol. The van der Waals surface area contributed by atoms with Crippen LogP contribution in [-0.2, 0) is 35.6 Å². The quantitative estimate of drug-likeness (QED) is 0.870. The number of nitrogens with one attached hydrogen (secondary N) is 1. The summed E-state index contributed by atoms with van der Waals surface area (Å²) in [6.07, 6.45) is 0.543. The van der Waals surface area contributed by atoms with Gasteiger partial charge in [-0.25, -0.2) is 13.1 Å². The molecule has 136 valence electrons. The number of fused-ring (bicyclic) bond motifs is 1. The number of hydrogen-bond acceptors (Lipinski definition) is 4. The van der Waals surface area contributed by atoms with Gasteiger partial charge >= 0.3 is 6.18 Å². The summed E-state index contributed by atoms with van der Waals surface area (Å²) in [5, 5.41) is 3.70. The van der Waals surface area contributed by atoms with Gasteiger partial charge in [-0.1, -0.05) is 0 Å². The van der Waals surface area contributed by atoms with Gasteiger partial charge in [0.15, 0.2) is 5.69 Å². The molecule has 10 heteroatoms. The molecule has 0 fully saturated rings. The fourth-order valence-corrected chi connectivity index (χ4v) is 3.94. The fourth-order valence-electron chi connectivity index (χ4n) is 2.96. The third kappa shape index (κ3) is 3.84. The normalized spacial score (nSPS) is 15.2. The highest BCUT2D eigenvalue weighted by Gasteiger charge is 2.39. The number of sulfonamides is 1. The Hall–Kier alpha value is -1.94. The molecule has 0 atom stereocenters. The second-order valence-corrected chi connectivity index (χ2v) is 7.56. The van der Waals surface area contributed by atoms with E-state index in [2.05, 4.69) is 14.8 Å². The van der Waals surface area contributed by atoms with E-state index < -0.39 is 21.9 Å². The molecule has 0 unspecified atom stereocenters. The molecule has 0 spiro atoms. The highest BCUT2D eigenvalue weighted by atomic mass is 32.2. The van der Waals surface area contributed by atoms with Gasteiger partial charge in [-0.2, -0.15) is 18.3 Å². The Bertz CT molecular complexity index is 848. The average molecular weight is 374 g/mol. The number of pyridine rings is 1. The molecule has 3 rings (SSSR count). The molecule has 0 aromatic carbocycles. The smallest absolute Gasteiger partial charge is 0.267 e. The molecule has 0 saturated carbocycles. The molecule has 6 nitrogen and oxygen atoms in total. The van der Waals surface area contributed by atoms with Crippen molar-refractivity contribution in [2.45, 2.75) is 43.3 Å². The molecule has 0 aliphatic heterocycles. The lowest BCUT2D eigenvalue weighted by molar-refractivity contribution is -0.142. The number of aromatic nitrogens is 3. The minimum absolute atomic E-state index is 0.00785. The SMILES string of the molecule is O=S(=O)(NCCn1nc(C(F)(F)F)c2c1CCCC2)c1cccnc1. The third-order valence-electron chi connectivity index (χ3n) is 4.09. The van der Waals surface area contributed by atoms with Crippen molar-refractivity contribution in [1.29, 1.82) is 0 Å². The molecular formula is C15H17F3N4O2S. The summed E-state index contributed by atoms with van der Waals surface area (Å²) in [4.78, 5) is 3.75. The molecule has 1 aliphatic rings. The Balaban J connectivity index is 1.75. The molecule has 0 saturated heterocycles. The average Bonchev–Trinajstić information content (AvgIpc) is 2.95. The second kappa shape index (κ2) is 6.75. The summed E-state index contributed by atoms with van der Waals surface area (Å²) in [5.41, 5.74) is -0.0506. The molecule has 1 aliphatic carbocycles. The standard InChI is InChI=1S/C15H17F3N4O2S/c16-15(17,18)14-12-5-1-2-6-13(12)22(21-14)9-8-20-25(23,24)11-4-3-7-19-10-11/h3-4,7,10,20H,1-2,5-6,8-9H2. The fraction of sp³-hybridized carbons (Fsp3) is 0.467. The minimum Gasteiger partial charge on any atom is -0.267 e. The number of alkyl halides is 3. The van der Waals surface area contributed by atoms with Crippen molar-refractivity contribution in [3.63, 3.8) is 0 Å². The van der Waals surface area contributed by atoms with Gasteiger partial charge in [0.05, 0.1) is 6.54 Å². The first-order valence-electron chi connectivity index (χ1n) is 7.84. The van der Waals surface area contributed by atoms with Crippen molar-refractivity contribution in [3.05, 3.63) is 41.5 Å². The van der Waals surface area contributed by atoms with Crippen LogP contribution < -0.4 is 4.72 Å². The van der Waals surface area contributed by atoms with Crippen molar-refractivity contribution in [3.8, 4) is 0 Å². The molecule has 1 N–H and O–H groups in total. The van der Waals surface area contributed by atoms with Crippen LogP contribution in [0.15, 0.2) is 29.4 Å². The van der Waals surface area contributed by atoms with Crippen LogP contribution in [0.5, 0.6) is 0 Å². The Labute approximate surface area is 143 Å². The molecule has 2 heterocycles. The topological polar surface area (TPSA) is 76.9 Å². The van der Waals surface area contributed by atoms with Crippen molar-refractivity contribution >= 4 is 10.0 Å². The van der Waals surface area contributed by atoms with E-state index in [-0.39, 0.29) is 23.5 Å². The van der Waals surface area contributed by atoms with Gasteiger partial charge in [0.2, 0.25) is 10.0 Å². The van der Waals surface area contributed by atoms with Crippen molar-refractivity contribution in [2.75, 3.05) is 6.54 Å². The van der Waals surface area contributed by atoms with E-state index in [1.165, 1.54) is 29.2 Å². The van der Waals surface area contributed by atoms with E-state index in [1.807, 2.05) is 0 Å². The predicted molar refractivity (Wildman–Crippen MR) is 83.3 cm³/mol. The Kier molecular flexibility index (Phi) is 4.83. The molecule has 0 bridgehead atoms. The molecule has 2 aromatic rings.